The summed E-state index contributed by atoms with van der Waals surface area (Å²) < 4.78 is 0. The summed E-state index contributed by atoms with van der Waals surface area (Å²) in [7, 11) is 0. The molecule has 0 unspecified atom stereocenters. The fraction of sp³-hybridized carbons (Fsp3) is 0.941. The zero-order valence-electron chi connectivity index (χ0n) is 13.9. The second kappa shape index (κ2) is 8.02. The Morgan fingerprint density at radius 3 is 1.85 bits per heavy atom. The van der Waals surface area contributed by atoms with E-state index in [4.69, 9.17) is 5.73 Å². The van der Waals surface area contributed by atoms with Crippen LogP contribution in [0.4, 0.5) is 0 Å². The van der Waals surface area contributed by atoms with Crippen LogP contribution in [0.3, 0.4) is 0 Å². The number of hydrogen-bond acceptors (Lipinski definition) is 2. The summed E-state index contributed by atoms with van der Waals surface area (Å²) >= 11 is 0. The molecule has 1 aliphatic carbocycles. The van der Waals surface area contributed by atoms with Gasteiger partial charge in [0.2, 0.25) is 5.91 Å². The minimum absolute atomic E-state index is 0.163. The van der Waals surface area contributed by atoms with Gasteiger partial charge in [-0.3, -0.25) is 4.79 Å². The predicted octanol–water partition coefficient (Wildman–Crippen LogP) is 3.62. The molecule has 20 heavy (non-hydrogen) atoms. The molecular formula is C17H34N2O. The molecule has 1 amide bonds. The third-order valence-electron chi connectivity index (χ3n) is 4.32. The van der Waals surface area contributed by atoms with Gasteiger partial charge in [0.1, 0.15) is 0 Å². The highest BCUT2D eigenvalue weighted by atomic mass is 16.1. The van der Waals surface area contributed by atoms with Crippen molar-refractivity contribution in [1.82, 2.24) is 5.32 Å². The summed E-state index contributed by atoms with van der Waals surface area (Å²) in [6.45, 7) is 8.69. The Bertz CT molecular complexity index is 281. The summed E-state index contributed by atoms with van der Waals surface area (Å²) in [5, 5.41) is 3.70. The molecule has 0 aromatic rings. The van der Waals surface area contributed by atoms with Gasteiger partial charge in [0.25, 0.3) is 0 Å². The summed E-state index contributed by atoms with van der Waals surface area (Å²) in [6.07, 6.45) is 9.27. The highest BCUT2D eigenvalue weighted by Gasteiger charge is 2.39. The van der Waals surface area contributed by atoms with Crippen LogP contribution in [-0.4, -0.2) is 17.5 Å². The van der Waals surface area contributed by atoms with E-state index in [0.717, 1.165) is 12.8 Å². The van der Waals surface area contributed by atoms with Gasteiger partial charge in [0, 0.05) is 6.04 Å². The molecule has 0 aromatic carbocycles. The highest BCUT2D eigenvalue weighted by molar-refractivity contribution is 5.84. The second-order valence-corrected chi connectivity index (χ2v) is 7.48. The number of primary amides is 1. The largest absolute Gasteiger partial charge is 0.368 e. The maximum atomic E-state index is 12.2. The van der Waals surface area contributed by atoms with E-state index in [9.17, 15) is 4.79 Å². The monoisotopic (exact) mass is 282 g/mol. The third-order valence-corrected chi connectivity index (χ3v) is 4.32. The fourth-order valence-corrected chi connectivity index (χ4v) is 3.68. The molecule has 0 radical (unpaired) electrons. The second-order valence-electron chi connectivity index (χ2n) is 7.48. The number of carbonyl (C=O) groups is 1. The summed E-state index contributed by atoms with van der Waals surface area (Å²) in [6, 6.07) is 0.461. The predicted molar refractivity (Wildman–Crippen MR) is 85.5 cm³/mol. The summed E-state index contributed by atoms with van der Waals surface area (Å²) in [4.78, 5) is 12.2. The Balaban J connectivity index is 2.85. The lowest BCUT2D eigenvalue weighted by Crippen LogP contribution is -2.60. The molecule has 0 aliphatic heterocycles. The normalized spacial score (nSPS) is 18.5. The number of carbonyl (C=O) groups excluding carboxylic acids is 1. The zero-order valence-corrected chi connectivity index (χ0v) is 13.9. The SMILES string of the molecule is CC(C)CC(CC(C)C)(NC1CCCCCC1)C(N)=O. The minimum Gasteiger partial charge on any atom is -0.368 e. The number of nitrogens with one attached hydrogen (secondary N) is 1. The molecule has 3 nitrogen and oxygen atoms in total. The standard InChI is InChI=1S/C17H34N2O/c1-13(2)11-17(16(18)20,12-14(3)4)19-15-9-7-5-6-8-10-15/h13-15,19H,5-12H2,1-4H3,(H2,18,20). The van der Waals surface area contributed by atoms with Crippen LogP contribution in [0.25, 0.3) is 0 Å². The van der Waals surface area contributed by atoms with Crippen molar-refractivity contribution in [3.05, 3.63) is 0 Å². The van der Waals surface area contributed by atoms with Crippen LogP contribution in [-0.2, 0) is 4.79 Å². The third kappa shape index (κ3) is 5.43. The molecular weight excluding hydrogens is 248 g/mol. The number of amides is 1. The first kappa shape index (κ1) is 17.5. The Hall–Kier alpha value is -0.570. The van der Waals surface area contributed by atoms with Crippen molar-refractivity contribution >= 4 is 5.91 Å². The zero-order chi connectivity index (χ0) is 15.2. The van der Waals surface area contributed by atoms with Crippen LogP contribution >= 0.6 is 0 Å². The van der Waals surface area contributed by atoms with Crippen molar-refractivity contribution in [3.63, 3.8) is 0 Å². The number of rotatable bonds is 7. The molecule has 0 spiro atoms. The van der Waals surface area contributed by atoms with E-state index >= 15 is 0 Å². The van der Waals surface area contributed by atoms with Crippen molar-refractivity contribution in [1.29, 1.82) is 0 Å². The van der Waals surface area contributed by atoms with Crippen molar-refractivity contribution in [3.8, 4) is 0 Å². The molecule has 0 saturated heterocycles. The van der Waals surface area contributed by atoms with Gasteiger partial charge in [-0.1, -0.05) is 53.4 Å². The smallest absolute Gasteiger partial charge is 0.237 e. The summed E-state index contributed by atoms with van der Waals surface area (Å²) in [5.41, 5.74) is 5.31. The topological polar surface area (TPSA) is 55.1 Å². The van der Waals surface area contributed by atoms with Crippen molar-refractivity contribution < 1.29 is 4.79 Å². The lowest BCUT2D eigenvalue weighted by atomic mass is 9.80. The molecule has 1 fully saturated rings. The highest BCUT2D eigenvalue weighted by Crippen LogP contribution is 2.28. The van der Waals surface area contributed by atoms with Gasteiger partial charge in [-0.05, 0) is 37.5 Å². The molecule has 3 heteroatoms. The van der Waals surface area contributed by atoms with Crippen LogP contribution in [0.5, 0.6) is 0 Å². The first-order valence-corrected chi connectivity index (χ1v) is 8.43. The fourth-order valence-electron chi connectivity index (χ4n) is 3.68. The number of nitrogens with two attached hydrogens (primary N) is 1. The quantitative estimate of drug-likeness (QED) is 0.701. The van der Waals surface area contributed by atoms with Gasteiger partial charge in [0.05, 0.1) is 5.54 Å². The average molecular weight is 282 g/mol. The Kier molecular flexibility index (Phi) is 7.01. The van der Waals surface area contributed by atoms with Gasteiger partial charge in [-0.15, -0.1) is 0 Å². The van der Waals surface area contributed by atoms with E-state index in [1.165, 1.54) is 38.5 Å². The Morgan fingerprint density at radius 2 is 1.50 bits per heavy atom. The van der Waals surface area contributed by atoms with Crippen LogP contribution in [0, 0.1) is 11.8 Å². The van der Waals surface area contributed by atoms with Crippen LogP contribution in [0.1, 0.15) is 79.1 Å². The molecule has 0 bridgehead atoms. The summed E-state index contributed by atoms with van der Waals surface area (Å²) in [5.74, 6) is 0.781. The first-order valence-electron chi connectivity index (χ1n) is 8.43. The molecule has 1 aliphatic rings. The van der Waals surface area contributed by atoms with Crippen LogP contribution in [0.15, 0.2) is 0 Å². The molecule has 0 heterocycles. The van der Waals surface area contributed by atoms with E-state index in [-0.39, 0.29) is 5.91 Å². The van der Waals surface area contributed by atoms with E-state index in [0.29, 0.717) is 17.9 Å². The van der Waals surface area contributed by atoms with Crippen LogP contribution in [0.2, 0.25) is 0 Å². The lowest BCUT2D eigenvalue weighted by molar-refractivity contribution is -0.126. The van der Waals surface area contributed by atoms with Crippen molar-refractivity contribution in [2.75, 3.05) is 0 Å². The van der Waals surface area contributed by atoms with E-state index in [1.807, 2.05) is 0 Å². The van der Waals surface area contributed by atoms with Gasteiger partial charge in [-0.2, -0.15) is 0 Å². The maximum absolute atomic E-state index is 12.2. The minimum atomic E-state index is -0.517. The van der Waals surface area contributed by atoms with E-state index in [1.54, 1.807) is 0 Å². The average Bonchev–Trinajstić information content (AvgIpc) is 2.55. The van der Waals surface area contributed by atoms with Gasteiger partial charge in [0.15, 0.2) is 0 Å². The number of hydrogen-bond donors (Lipinski definition) is 2. The molecule has 0 atom stereocenters. The molecule has 118 valence electrons. The van der Waals surface area contributed by atoms with Crippen molar-refractivity contribution in [2.24, 2.45) is 17.6 Å². The molecule has 3 N–H and O–H groups in total. The lowest BCUT2D eigenvalue weighted by Gasteiger charge is -2.38. The van der Waals surface area contributed by atoms with Crippen LogP contribution < -0.4 is 11.1 Å². The molecule has 0 aromatic heterocycles. The van der Waals surface area contributed by atoms with Crippen molar-refractivity contribution in [2.45, 2.75) is 90.6 Å². The van der Waals surface area contributed by atoms with Gasteiger partial charge in [-0.25, -0.2) is 0 Å². The van der Waals surface area contributed by atoms with E-state index < -0.39 is 5.54 Å². The Labute approximate surface area is 125 Å². The Morgan fingerprint density at radius 1 is 1.05 bits per heavy atom. The van der Waals surface area contributed by atoms with Gasteiger partial charge >= 0.3 is 0 Å². The van der Waals surface area contributed by atoms with E-state index in [2.05, 4.69) is 33.0 Å². The first-order chi connectivity index (χ1) is 9.35. The molecule has 1 saturated carbocycles. The maximum Gasteiger partial charge on any atom is 0.237 e. The molecule has 1 rings (SSSR count). The van der Waals surface area contributed by atoms with Gasteiger partial charge < -0.3 is 11.1 Å².